The van der Waals surface area contributed by atoms with Gasteiger partial charge in [0.25, 0.3) is 0 Å². The molecule has 0 bridgehead atoms. The topological polar surface area (TPSA) is 6.25 Å². The van der Waals surface area contributed by atoms with E-state index >= 15 is 0 Å². The fraction of sp³-hybridized carbons (Fsp3) is 0.0882. The van der Waals surface area contributed by atoms with Crippen LogP contribution in [0.4, 0.5) is 0 Å². The molecule has 0 atom stereocenters. The fourth-order valence-corrected chi connectivity index (χ4v) is 5.78. The van der Waals surface area contributed by atoms with E-state index in [4.69, 9.17) is 0 Å². The van der Waals surface area contributed by atoms with E-state index in [-0.39, 0.29) is 0 Å². The van der Waals surface area contributed by atoms with Crippen molar-refractivity contribution in [2.24, 2.45) is 0 Å². The van der Waals surface area contributed by atoms with Crippen molar-refractivity contribution in [1.82, 2.24) is 4.90 Å². The number of hydrogen-bond donors (Lipinski definition) is 0. The zero-order valence-corrected chi connectivity index (χ0v) is 20.1. The van der Waals surface area contributed by atoms with Crippen LogP contribution in [0.3, 0.4) is 0 Å². The first-order chi connectivity index (χ1) is 17.8. The first-order valence-corrected chi connectivity index (χ1v) is 12.6. The van der Waals surface area contributed by atoms with Crippen molar-refractivity contribution in [3.05, 3.63) is 133 Å². The van der Waals surface area contributed by atoms with Gasteiger partial charge in [0, 0.05) is 24.4 Å². The quantitative estimate of drug-likeness (QED) is 0.190. The van der Waals surface area contributed by atoms with Gasteiger partial charge in [-0.1, -0.05) is 97.1 Å². The Morgan fingerprint density at radius 1 is 0.556 bits per heavy atom. The van der Waals surface area contributed by atoms with Crippen molar-refractivity contribution in [2.45, 2.75) is 13.1 Å². The third-order valence-corrected chi connectivity index (χ3v) is 7.45. The van der Waals surface area contributed by atoms with Gasteiger partial charge in [-0.05, 0) is 60.8 Å². The summed E-state index contributed by atoms with van der Waals surface area (Å²) in [7, 11) is 0. The summed E-state index contributed by atoms with van der Waals surface area (Å²) in [5, 5.41) is 10.6. The number of allylic oxidation sites excluding steroid dienone is 1. The lowest BCUT2D eigenvalue weighted by Crippen LogP contribution is -2.31. The van der Waals surface area contributed by atoms with Gasteiger partial charge in [-0.25, -0.2) is 4.58 Å². The molecule has 0 aliphatic carbocycles. The fourth-order valence-electron chi connectivity index (χ4n) is 5.78. The van der Waals surface area contributed by atoms with E-state index in [0.29, 0.717) is 0 Å². The lowest BCUT2D eigenvalue weighted by molar-refractivity contribution is -0.558. The number of fused-ring (bicyclic) bond motifs is 4. The van der Waals surface area contributed by atoms with Gasteiger partial charge in [0.05, 0.1) is 0 Å². The first kappa shape index (κ1) is 20.9. The third-order valence-electron chi connectivity index (χ3n) is 7.45. The maximum atomic E-state index is 2.43. The maximum Gasteiger partial charge on any atom is 0.218 e. The van der Waals surface area contributed by atoms with Crippen molar-refractivity contribution in [1.29, 1.82) is 0 Å². The molecular formula is C34H27N2+. The number of rotatable bonds is 4. The monoisotopic (exact) mass is 463 g/mol. The first-order valence-electron chi connectivity index (χ1n) is 12.6. The molecule has 0 N–H and O–H groups in total. The molecule has 6 aromatic carbocycles. The van der Waals surface area contributed by atoms with E-state index < -0.39 is 0 Å². The SMILES string of the molecule is C1=CN(Cc2c3ccccc3cc3ccccc23)C[N+](Cc2c3ccccc3cc3ccccc23)=C1. The molecular weight excluding hydrogens is 436 g/mol. The normalized spacial score (nSPS) is 13.7. The Bertz CT molecular complexity index is 1720. The van der Waals surface area contributed by atoms with E-state index in [1.807, 2.05) is 0 Å². The van der Waals surface area contributed by atoms with Gasteiger partial charge >= 0.3 is 0 Å². The summed E-state index contributed by atoms with van der Waals surface area (Å²) in [5.74, 6) is 0. The Balaban J connectivity index is 1.25. The number of hydrogen-bond acceptors (Lipinski definition) is 1. The van der Waals surface area contributed by atoms with E-state index in [1.54, 1.807) is 0 Å². The van der Waals surface area contributed by atoms with Gasteiger partial charge < -0.3 is 4.90 Å². The van der Waals surface area contributed by atoms with Gasteiger partial charge in [0.1, 0.15) is 0 Å². The van der Waals surface area contributed by atoms with E-state index in [2.05, 4.69) is 137 Å². The molecule has 0 amide bonds. The Morgan fingerprint density at radius 2 is 1.00 bits per heavy atom. The molecule has 1 aliphatic heterocycles. The second-order valence-electron chi connectivity index (χ2n) is 9.72. The molecule has 7 rings (SSSR count). The Kier molecular flexibility index (Phi) is 5.03. The van der Waals surface area contributed by atoms with Crippen LogP contribution in [-0.4, -0.2) is 22.4 Å². The summed E-state index contributed by atoms with van der Waals surface area (Å²) in [6, 6.07) is 39.7. The molecule has 0 radical (unpaired) electrons. The van der Waals surface area contributed by atoms with Crippen molar-refractivity contribution < 1.29 is 4.58 Å². The molecule has 0 saturated heterocycles. The Morgan fingerprint density at radius 3 is 1.50 bits per heavy atom. The van der Waals surface area contributed by atoms with Crippen molar-refractivity contribution in [2.75, 3.05) is 6.67 Å². The van der Waals surface area contributed by atoms with Crippen LogP contribution >= 0.6 is 0 Å². The summed E-state index contributed by atoms with van der Waals surface area (Å²) < 4.78 is 2.43. The highest BCUT2D eigenvalue weighted by Gasteiger charge is 2.19. The minimum atomic E-state index is 0.853. The number of nitrogens with zero attached hydrogens (tertiary/aromatic N) is 2. The lowest BCUT2D eigenvalue weighted by atomic mass is 9.96. The van der Waals surface area contributed by atoms with Gasteiger partial charge in [0.15, 0.2) is 12.8 Å². The molecule has 2 heteroatoms. The van der Waals surface area contributed by atoms with E-state index in [0.717, 1.165) is 19.8 Å². The standard InChI is InChI=1S/C34H27N2/c1-5-14-29-25(10-1)20-26-11-2-6-15-30(26)33(29)22-35-18-9-19-36(24-35)23-34-31-16-7-3-12-27(31)21-28-13-4-8-17-32(28)34/h1-21H,22-24H2/q+1. The van der Waals surface area contributed by atoms with Crippen molar-refractivity contribution in [3.63, 3.8) is 0 Å². The summed E-state index contributed by atoms with van der Waals surface area (Å²) in [4.78, 5) is 2.43. The van der Waals surface area contributed by atoms with Crippen LogP contribution in [0.2, 0.25) is 0 Å². The number of benzene rings is 6. The predicted molar refractivity (Wildman–Crippen MR) is 152 cm³/mol. The minimum absolute atomic E-state index is 0.853. The van der Waals surface area contributed by atoms with Gasteiger partial charge in [0.2, 0.25) is 6.67 Å². The molecule has 36 heavy (non-hydrogen) atoms. The molecule has 1 heterocycles. The van der Waals surface area contributed by atoms with Gasteiger partial charge in [-0.15, -0.1) is 0 Å². The lowest BCUT2D eigenvalue weighted by Gasteiger charge is -2.23. The second kappa shape index (κ2) is 8.66. The molecule has 0 saturated carbocycles. The average molecular weight is 464 g/mol. The molecule has 0 aromatic heterocycles. The average Bonchev–Trinajstić information content (AvgIpc) is 2.93. The predicted octanol–water partition coefficient (Wildman–Crippen LogP) is 7.87. The van der Waals surface area contributed by atoms with Crippen molar-refractivity contribution >= 4 is 49.3 Å². The molecule has 0 fully saturated rings. The van der Waals surface area contributed by atoms with E-state index in [1.165, 1.54) is 54.2 Å². The smallest absolute Gasteiger partial charge is 0.218 e. The van der Waals surface area contributed by atoms with E-state index in [9.17, 15) is 0 Å². The van der Waals surface area contributed by atoms with Crippen LogP contribution in [0, 0.1) is 0 Å². The zero-order valence-electron chi connectivity index (χ0n) is 20.1. The molecule has 6 aromatic rings. The minimum Gasteiger partial charge on any atom is -0.319 e. The molecule has 172 valence electrons. The summed E-state index contributed by atoms with van der Waals surface area (Å²) >= 11 is 0. The van der Waals surface area contributed by atoms with Crippen LogP contribution < -0.4 is 0 Å². The van der Waals surface area contributed by atoms with Crippen LogP contribution in [0.15, 0.2) is 121 Å². The molecule has 0 spiro atoms. The maximum absolute atomic E-state index is 2.43. The largest absolute Gasteiger partial charge is 0.319 e. The van der Waals surface area contributed by atoms with Crippen LogP contribution in [0.1, 0.15) is 11.1 Å². The van der Waals surface area contributed by atoms with Crippen LogP contribution in [0.25, 0.3) is 43.1 Å². The molecule has 0 unspecified atom stereocenters. The van der Waals surface area contributed by atoms with Gasteiger partial charge in [-0.3, -0.25) is 0 Å². The molecule has 2 nitrogen and oxygen atoms in total. The molecule has 1 aliphatic rings. The summed E-state index contributed by atoms with van der Waals surface area (Å²) in [5.41, 5.74) is 2.79. The van der Waals surface area contributed by atoms with Crippen LogP contribution in [-0.2, 0) is 13.1 Å². The van der Waals surface area contributed by atoms with Gasteiger partial charge in [-0.2, -0.15) is 0 Å². The van der Waals surface area contributed by atoms with Crippen LogP contribution in [0.5, 0.6) is 0 Å². The summed E-state index contributed by atoms with van der Waals surface area (Å²) in [6.45, 7) is 2.60. The third kappa shape index (κ3) is 3.63. The zero-order chi connectivity index (χ0) is 23.9. The van der Waals surface area contributed by atoms with Crippen molar-refractivity contribution in [3.8, 4) is 0 Å². The Hall–Kier alpha value is -4.43. The second-order valence-corrected chi connectivity index (χ2v) is 9.72. The highest BCUT2D eigenvalue weighted by atomic mass is 15.3. The summed E-state index contributed by atoms with van der Waals surface area (Å²) in [6.07, 6.45) is 6.65. The Labute approximate surface area is 211 Å². The highest BCUT2D eigenvalue weighted by molar-refractivity contribution is 6.03. The highest BCUT2D eigenvalue weighted by Crippen LogP contribution is 2.31.